The summed E-state index contributed by atoms with van der Waals surface area (Å²) in [5, 5.41) is 5.89. The summed E-state index contributed by atoms with van der Waals surface area (Å²) in [6, 6.07) is 5.56. The molecule has 18 heavy (non-hydrogen) atoms. The van der Waals surface area contributed by atoms with Crippen LogP contribution in [-0.4, -0.2) is 35.5 Å². The summed E-state index contributed by atoms with van der Waals surface area (Å²) >= 11 is 1.89. The van der Waals surface area contributed by atoms with Crippen LogP contribution in [0.2, 0.25) is 0 Å². The number of aromatic nitrogens is 1. The number of amides is 1. The van der Waals surface area contributed by atoms with Crippen molar-refractivity contribution in [3.8, 4) is 0 Å². The molecular weight excluding hydrogens is 246 g/mol. The Kier molecular flexibility index (Phi) is 6.57. The SMILES string of the molecule is CCSCCC(C)NC(=O)c1cccc(NC)n1. The Morgan fingerprint density at radius 2 is 2.28 bits per heavy atom. The maximum atomic E-state index is 11.9. The molecule has 1 aromatic heterocycles. The van der Waals surface area contributed by atoms with Crippen molar-refractivity contribution in [2.45, 2.75) is 26.3 Å². The number of carbonyl (C=O) groups excluding carboxylic acids is 1. The second kappa shape index (κ2) is 7.97. The normalized spacial score (nSPS) is 11.9. The average molecular weight is 267 g/mol. The van der Waals surface area contributed by atoms with Crippen LogP contribution < -0.4 is 10.6 Å². The van der Waals surface area contributed by atoms with Crippen LogP contribution in [0.3, 0.4) is 0 Å². The molecule has 1 aromatic rings. The summed E-state index contributed by atoms with van der Waals surface area (Å²) in [6.07, 6.45) is 0.982. The first-order valence-electron chi connectivity index (χ1n) is 6.20. The zero-order chi connectivity index (χ0) is 13.4. The van der Waals surface area contributed by atoms with Gasteiger partial charge in [-0.1, -0.05) is 13.0 Å². The first-order valence-corrected chi connectivity index (χ1v) is 7.36. The average Bonchev–Trinajstić information content (AvgIpc) is 2.39. The van der Waals surface area contributed by atoms with Crippen LogP contribution >= 0.6 is 11.8 Å². The van der Waals surface area contributed by atoms with Gasteiger partial charge in [0.2, 0.25) is 0 Å². The largest absolute Gasteiger partial charge is 0.373 e. The predicted octanol–water partition coefficient (Wildman–Crippen LogP) is 2.38. The topological polar surface area (TPSA) is 54.0 Å². The standard InChI is InChI=1S/C13H21N3OS/c1-4-18-9-8-10(2)15-13(17)11-6-5-7-12(14-3)16-11/h5-7,10H,4,8-9H2,1-3H3,(H,14,16)(H,15,17). The molecule has 0 saturated carbocycles. The molecule has 2 N–H and O–H groups in total. The number of hydrogen-bond donors (Lipinski definition) is 2. The fourth-order valence-electron chi connectivity index (χ4n) is 1.47. The van der Waals surface area contributed by atoms with Crippen LogP contribution in [-0.2, 0) is 0 Å². The fraction of sp³-hybridized carbons (Fsp3) is 0.538. The molecule has 0 bridgehead atoms. The summed E-state index contributed by atoms with van der Waals surface area (Å²) in [5.41, 5.74) is 0.455. The second-order valence-electron chi connectivity index (χ2n) is 4.02. The van der Waals surface area contributed by atoms with Gasteiger partial charge in [-0.2, -0.15) is 11.8 Å². The van der Waals surface area contributed by atoms with Crippen LogP contribution in [0.5, 0.6) is 0 Å². The van der Waals surface area contributed by atoms with Gasteiger partial charge >= 0.3 is 0 Å². The third-order valence-corrected chi connectivity index (χ3v) is 3.45. The smallest absolute Gasteiger partial charge is 0.270 e. The van der Waals surface area contributed by atoms with Crippen LogP contribution in [0.1, 0.15) is 30.8 Å². The van der Waals surface area contributed by atoms with Gasteiger partial charge in [-0.25, -0.2) is 4.98 Å². The molecule has 4 nitrogen and oxygen atoms in total. The van der Waals surface area contributed by atoms with Gasteiger partial charge in [0.15, 0.2) is 0 Å². The van der Waals surface area contributed by atoms with Crippen molar-refractivity contribution in [1.29, 1.82) is 0 Å². The molecule has 0 saturated heterocycles. The second-order valence-corrected chi connectivity index (χ2v) is 5.41. The highest BCUT2D eigenvalue weighted by molar-refractivity contribution is 7.99. The van der Waals surface area contributed by atoms with E-state index in [4.69, 9.17) is 0 Å². The van der Waals surface area contributed by atoms with E-state index in [-0.39, 0.29) is 11.9 Å². The van der Waals surface area contributed by atoms with E-state index in [2.05, 4.69) is 22.5 Å². The lowest BCUT2D eigenvalue weighted by atomic mass is 10.2. The number of pyridine rings is 1. The third-order valence-electron chi connectivity index (χ3n) is 2.51. The minimum Gasteiger partial charge on any atom is -0.373 e. The van der Waals surface area contributed by atoms with Gasteiger partial charge in [0, 0.05) is 13.1 Å². The zero-order valence-corrected chi connectivity index (χ0v) is 12.0. The van der Waals surface area contributed by atoms with Crippen molar-refractivity contribution in [3.05, 3.63) is 23.9 Å². The molecule has 1 atom stereocenters. The van der Waals surface area contributed by atoms with Crippen LogP contribution in [0, 0.1) is 0 Å². The van der Waals surface area contributed by atoms with E-state index in [0.717, 1.165) is 17.9 Å². The van der Waals surface area contributed by atoms with Gasteiger partial charge in [-0.15, -0.1) is 0 Å². The van der Waals surface area contributed by atoms with Crippen LogP contribution in [0.25, 0.3) is 0 Å². The summed E-state index contributed by atoms with van der Waals surface area (Å²) in [5.74, 6) is 2.78. The number of anilines is 1. The van der Waals surface area contributed by atoms with E-state index in [1.54, 1.807) is 13.1 Å². The molecule has 0 spiro atoms. The maximum Gasteiger partial charge on any atom is 0.270 e. The van der Waals surface area contributed by atoms with Gasteiger partial charge in [0.1, 0.15) is 11.5 Å². The number of thioether (sulfide) groups is 1. The van der Waals surface area contributed by atoms with Crippen LogP contribution in [0.4, 0.5) is 5.82 Å². The minimum absolute atomic E-state index is 0.110. The zero-order valence-electron chi connectivity index (χ0n) is 11.2. The Labute approximate surface area is 113 Å². The van der Waals surface area contributed by atoms with E-state index in [1.807, 2.05) is 30.8 Å². The molecule has 5 heteroatoms. The quantitative estimate of drug-likeness (QED) is 0.745. The molecule has 1 rings (SSSR count). The lowest BCUT2D eigenvalue weighted by Crippen LogP contribution is -2.33. The van der Waals surface area contributed by atoms with Crippen molar-refractivity contribution in [3.63, 3.8) is 0 Å². The van der Waals surface area contributed by atoms with E-state index in [1.165, 1.54) is 0 Å². The maximum absolute atomic E-state index is 11.9. The molecule has 0 radical (unpaired) electrons. The van der Waals surface area contributed by atoms with Crippen molar-refractivity contribution < 1.29 is 4.79 Å². The number of nitrogens with zero attached hydrogens (tertiary/aromatic N) is 1. The number of nitrogens with one attached hydrogen (secondary N) is 2. The highest BCUT2D eigenvalue weighted by atomic mass is 32.2. The van der Waals surface area contributed by atoms with E-state index in [9.17, 15) is 4.79 Å². The van der Waals surface area contributed by atoms with Crippen molar-refractivity contribution in [2.24, 2.45) is 0 Å². The van der Waals surface area contributed by atoms with Gasteiger partial charge < -0.3 is 10.6 Å². The number of carbonyl (C=O) groups is 1. The molecular formula is C13H21N3OS. The highest BCUT2D eigenvalue weighted by Crippen LogP contribution is 2.06. The van der Waals surface area contributed by atoms with E-state index >= 15 is 0 Å². The molecule has 0 aliphatic heterocycles. The van der Waals surface area contributed by atoms with Gasteiger partial charge in [-0.05, 0) is 37.0 Å². The molecule has 0 aliphatic carbocycles. The Morgan fingerprint density at radius 3 is 2.94 bits per heavy atom. The Hall–Kier alpha value is -1.23. The highest BCUT2D eigenvalue weighted by Gasteiger charge is 2.11. The molecule has 1 unspecified atom stereocenters. The Balaban J connectivity index is 2.48. The fourth-order valence-corrected chi connectivity index (χ4v) is 2.28. The first-order chi connectivity index (χ1) is 8.67. The van der Waals surface area contributed by atoms with Gasteiger partial charge in [-0.3, -0.25) is 4.79 Å². The molecule has 1 heterocycles. The molecule has 100 valence electrons. The van der Waals surface area contributed by atoms with Gasteiger partial charge in [0.25, 0.3) is 5.91 Å². The van der Waals surface area contributed by atoms with E-state index in [0.29, 0.717) is 11.5 Å². The molecule has 0 fully saturated rings. The summed E-state index contributed by atoms with van der Waals surface area (Å²) in [7, 11) is 1.79. The van der Waals surface area contributed by atoms with Crippen molar-refractivity contribution >= 4 is 23.5 Å². The Bertz CT molecular complexity index is 384. The molecule has 1 amide bonds. The van der Waals surface area contributed by atoms with Gasteiger partial charge in [0.05, 0.1) is 0 Å². The monoisotopic (exact) mass is 267 g/mol. The van der Waals surface area contributed by atoms with Crippen molar-refractivity contribution in [2.75, 3.05) is 23.9 Å². The lowest BCUT2D eigenvalue weighted by molar-refractivity contribution is 0.0934. The summed E-state index contributed by atoms with van der Waals surface area (Å²) in [4.78, 5) is 16.2. The van der Waals surface area contributed by atoms with Crippen LogP contribution in [0.15, 0.2) is 18.2 Å². The first kappa shape index (κ1) is 14.8. The third kappa shape index (κ3) is 4.96. The number of rotatable bonds is 7. The molecule has 0 aliphatic rings. The summed E-state index contributed by atoms with van der Waals surface area (Å²) in [6.45, 7) is 4.16. The predicted molar refractivity (Wildman–Crippen MR) is 78.3 cm³/mol. The van der Waals surface area contributed by atoms with Crippen molar-refractivity contribution in [1.82, 2.24) is 10.3 Å². The summed E-state index contributed by atoms with van der Waals surface area (Å²) < 4.78 is 0. The van der Waals surface area contributed by atoms with E-state index < -0.39 is 0 Å². The molecule has 0 aromatic carbocycles. The Morgan fingerprint density at radius 1 is 1.50 bits per heavy atom. The number of hydrogen-bond acceptors (Lipinski definition) is 4. The minimum atomic E-state index is -0.110. The lowest BCUT2D eigenvalue weighted by Gasteiger charge is -2.13.